The Morgan fingerprint density at radius 1 is 1.29 bits per heavy atom. The molecule has 0 aliphatic carbocycles. The molecule has 2 heterocycles. The Kier molecular flexibility index (Phi) is 3.79. The molecule has 1 atom stereocenters. The number of rotatable bonds is 1. The fraction of sp³-hybridized carbons (Fsp3) is 1.00. The monoisotopic (exact) mass is 198 g/mol. The van der Waals surface area contributed by atoms with E-state index in [2.05, 4.69) is 17.1 Å². The van der Waals surface area contributed by atoms with Gasteiger partial charge in [-0.15, -0.1) is 0 Å². The van der Waals surface area contributed by atoms with Gasteiger partial charge in [0, 0.05) is 25.7 Å². The summed E-state index contributed by atoms with van der Waals surface area (Å²) < 4.78 is 5.67. The molecule has 1 unspecified atom stereocenters. The van der Waals surface area contributed by atoms with E-state index in [1.807, 2.05) is 0 Å². The molecule has 2 fully saturated rings. The van der Waals surface area contributed by atoms with Crippen LogP contribution in [-0.2, 0) is 4.74 Å². The minimum atomic E-state index is 0.424. The molecule has 0 aromatic carbocycles. The normalized spacial score (nSPS) is 32.8. The SMILES string of the molecule is CC1CN(C2CCNCC2)CCCO1. The van der Waals surface area contributed by atoms with Crippen molar-refractivity contribution in [2.45, 2.75) is 38.3 Å². The maximum Gasteiger partial charge on any atom is 0.0674 e. The zero-order chi connectivity index (χ0) is 9.80. The summed E-state index contributed by atoms with van der Waals surface area (Å²) in [6, 6.07) is 0.806. The minimum absolute atomic E-state index is 0.424. The smallest absolute Gasteiger partial charge is 0.0674 e. The van der Waals surface area contributed by atoms with Crippen LogP contribution < -0.4 is 5.32 Å². The molecule has 0 saturated carbocycles. The Bertz CT molecular complexity index is 169. The van der Waals surface area contributed by atoms with E-state index < -0.39 is 0 Å². The highest BCUT2D eigenvalue weighted by Crippen LogP contribution is 2.15. The Hall–Kier alpha value is -0.120. The van der Waals surface area contributed by atoms with Crippen molar-refractivity contribution < 1.29 is 4.74 Å². The topological polar surface area (TPSA) is 24.5 Å². The van der Waals surface area contributed by atoms with E-state index >= 15 is 0 Å². The third-order valence-electron chi connectivity index (χ3n) is 3.31. The molecule has 0 aromatic heterocycles. The van der Waals surface area contributed by atoms with Gasteiger partial charge < -0.3 is 10.1 Å². The summed E-state index contributed by atoms with van der Waals surface area (Å²) in [4.78, 5) is 2.64. The average molecular weight is 198 g/mol. The van der Waals surface area contributed by atoms with Crippen molar-refractivity contribution in [3.63, 3.8) is 0 Å². The Morgan fingerprint density at radius 2 is 2.07 bits per heavy atom. The molecule has 2 aliphatic rings. The quantitative estimate of drug-likeness (QED) is 0.676. The van der Waals surface area contributed by atoms with Gasteiger partial charge >= 0.3 is 0 Å². The van der Waals surface area contributed by atoms with E-state index in [0.717, 1.165) is 19.2 Å². The second kappa shape index (κ2) is 5.10. The predicted octanol–water partition coefficient (Wildman–Crippen LogP) is 0.849. The van der Waals surface area contributed by atoms with Gasteiger partial charge in [0.25, 0.3) is 0 Å². The molecule has 14 heavy (non-hydrogen) atoms. The van der Waals surface area contributed by atoms with Crippen LogP contribution in [0.2, 0.25) is 0 Å². The van der Waals surface area contributed by atoms with Crippen LogP contribution in [0, 0.1) is 0 Å². The first-order valence-corrected chi connectivity index (χ1v) is 5.92. The summed E-state index contributed by atoms with van der Waals surface area (Å²) in [5.74, 6) is 0. The van der Waals surface area contributed by atoms with Crippen molar-refractivity contribution in [1.82, 2.24) is 10.2 Å². The summed E-state index contributed by atoms with van der Waals surface area (Å²) in [6.45, 7) is 7.88. The fourth-order valence-electron chi connectivity index (χ4n) is 2.53. The number of nitrogens with one attached hydrogen (secondary N) is 1. The van der Waals surface area contributed by atoms with Crippen molar-refractivity contribution in [1.29, 1.82) is 0 Å². The zero-order valence-corrected chi connectivity index (χ0v) is 9.17. The molecule has 0 aromatic rings. The summed E-state index contributed by atoms with van der Waals surface area (Å²) in [5, 5.41) is 3.42. The minimum Gasteiger partial charge on any atom is -0.377 e. The molecule has 1 N–H and O–H groups in total. The van der Waals surface area contributed by atoms with Gasteiger partial charge in [0.15, 0.2) is 0 Å². The summed E-state index contributed by atoms with van der Waals surface area (Å²) in [5.41, 5.74) is 0. The third kappa shape index (κ3) is 2.69. The van der Waals surface area contributed by atoms with Crippen LogP contribution in [-0.4, -0.2) is 49.8 Å². The van der Waals surface area contributed by atoms with Gasteiger partial charge in [-0.1, -0.05) is 0 Å². The molecule has 0 amide bonds. The van der Waals surface area contributed by atoms with Crippen molar-refractivity contribution in [2.75, 3.05) is 32.8 Å². The summed E-state index contributed by atoms with van der Waals surface area (Å²) in [6.07, 6.45) is 4.25. The molecule has 0 bridgehead atoms. The van der Waals surface area contributed by atoms with E-state index in [4.69, 9.17) is 4.74 Å². The maximum atomic E-state index is 5.67. The maximum absolute atomic E-state index is 5.67. The predicted molar refractivity (Wildman–Crippen MR) is 57.5 cm³/mol. The standard InChI is InChI=1S/C11H22N2O/c1-10-9-13(7-2-8-14-10)11-3-5-12-6-4-11/h10-12H,2-9H2,1H3. The van der Waals surface area contributed by atoms with Gasteiger partial charge in [0.05, 0.1) is 6.10 Å². The Morgan fingerprint density at radius 3 is 2.86 bits per heavy atom. The lowest BCUT2D eigenvalue weighted by Gasteiger charge is -2.34. The lowest BCUT2D eigenvalue weighted by atomic mass is 10.0. The number of hydrogen-bond acceptors (Lipinski definition) is 3. The molecule has 3 nitrogen and oxygen atoms in total. The van der Waals surface area contributed by atoms with Crippen molar-refractivity contribution in [3.8, 4) is 0 Å². The number of ether oxygens (including phenoxy) is 1. The van der Waals surface area contributed by atoms with Gasteiger partial charge in [0.2, 0.25) is 0 Å². The summed E-state index contributed by atoms with van der Waals surface area (Å²) in [7, 11) is 0. The van der Waals surface area contributed by atoms with E-state index in [1.54, 1.807) is 0 Å². The van der Waals surface area contributed by atoms with Crippen LogP contribution in [0.3, 0.4) is 0 Å². The molecule has 0 spiro atoms. The first-order chi connectivity index (χ1) is 6.86. The van der Waals surface area contributed by atoms with Gasteiger partial charge in [-0.25, -0.2) is 0 Å². The lowest BCUT2D eigenvalue weighted by Crippen LogP contribution is -2.45. The fourth-order valence-corrected chi connectivity index (χ4v) is 2.53. The second-order valence-corrected chi connectivity index (χ2v) is 4.51. The first-order valence-electron chi connectivity index (χ1n) is 5.92. The van der Waals surface area contributed by atoms with Gasteiger partial charge in [-0.3, -0.25) is 4.90 Å². The molecule has 2 rings (SSSR count). The van der Waals surface area contributed by atoms with E-state index in [9.17, 15) is 0 Å². The van der Waals surface area contributed by atoms with Crippen molar-refractivity contribution in [3.05, 3.63) is 0 Å². The molecule has 82 valence electrons. The molecular weight excluding hydrogens is 176 g/mol. The van der Waals surface area contributed by atoms with Crippen LogP contribution in [0.15, 0.2) is 0 Å². The van der Waals surface area contributed by atoms with E-state index in [0.29, 0.717) is 6.10 Å². The van der Waals surface area contributed by atoms with Gasteiger partial charge in [-0.2, -0.15) is 0 Å². The molecule has 0 radical (unpaired) electrons. The number of nitrogens with zero attached hydrogens (tertiary/aromatic N) is 1. The highest BCUT2D eigenvalue weighted by molar-refractivity contribution is 4.80. The largest absolute Gasteiger partial charge is 0.377 e. The lowest BCUT2D eigenvalue weighted by molar-refractivity contribution is 0.0571. The molecule has 3 heteroatoms. The second-order valence-electron chi connectivity index (χ2n) is 4.51. The van der Waals surface area contributed by atoms with Crippen molar-refractivity contribution in [2.24, 2.45) is 0 Å². The molecular formula is C11H22N2O. The average Bonchev–Trinajstić information content (AvgIpc) is 2.44. The van der Waals surface area contributed by atoms with Crippen LogP contribution in [0.5, 0.6) is 0 Å². The van der Waals surface area contributed by atoms with Crippen LogP contribution in [0.1, 0.15) is 26.2 Å². The number of piperidine rings is 1. The Labute approximate surface area is 86.8 Å². The molecule has 2 aliphatic heterocycles. The summed E-state index contributed by atoms with van der Waals surface area (Å²) >= 11 is 0. The zero-order valence-electron chi connectivity index (χ0n) is 9.17. The van der Waals surface area contributed by atoms with Crippen LogP contribution >= 0.6 is 0 Å². The van der Waals surface area contributed by atoms with Gasteiger partial charge in [0.1, 0.15) is 0 Å². The third-order valence-corrected chi connectivity index (χ3v) is 3.31. The van der Waals surface area contributed by atoms with Crippen molar-refractivity contribution >= 4 is 0 Å². The van der Waals surface area contributed by atoms with Crippen LogP contribution in [0.4, 0.5) is 0 Å². The van der Waals surface area contributed by atoms with E-state index in [1.165, 1.54) is 38.9 Å². The molecule has 2 saturated heterocycles. The number of hydrogen-bond donors (Lipinski definition) is 1. The first kappa shape index (κ1) is 10.4. The Balaban J connectivity index is 1.87. The van der Waals surface area contributed by atoms with Gasteiger partial charge in [-0.05, 0) is 39.3 Å². The highest BCUT2D eigenvalue weighted by atomic mass is 16.5. The van der Waals surface area contributed by atoms with Crippen LogP contribution in [0.25, 0.3) is 0 Å². The van der Waals surface area contributed by atoms with E-state index in [-0.39, 0.29) is 0 Å². The highest BCUT2D eigenvalue weighted by Gasteiger charge is 2.23.